The molecule has 0 fully saturated rings. The minimum absolute atomic E-state index is 0.215. The van der Waals surface area contributed by atoms with Crippen molar-refractivity contribution in [3.8, 4) is 34.1 Å². The Balaban J connectivity index is 1.51. The number of nitrogens with one attached hydrogen (secondary N) is 2. The molecule has 2 N–H and O–H groups in total. The number of nitrogens with zero attached hydrogens (tertiary/aromatic N) is 3. The first-order valence-electron chi connectivity index (χ1n) is 11.9. The minimum atomic E-state index is -0.319. The first kappa shape index (κ1) is 23.7. The molecule has 1 amide bonds. The minimum Gasteiger partial charge on any atom is -0.497 e. The van der Waals surface area contributed by atoms with E-state index in [1.165, 1.54) is 6.07 Å². The van der Waals surface area contributed by atoms with E-state index in [-0.39, 0.29) is 11.5 Å². The van der Waals surface area contributed by atoms with Crippen LogP contribution >= 0.6 is 0 Å². The van der Waals surface area contributed by atoms with Crippen LogP contribution in [0, 0.1) is 0 Å². The summed E-state index contributed by atoms with van der Waals surface area (Å²) in [6, 6.07) is 25.7. The number of aromatic nitrogens is 4. The van der Waals surface area contributed by atoms with E-state index in [4.69, 9.17) is 9.84 Å². The Bertz CT molecular complexity index is 1620. The number of ether oxygens (including phenoxy) is 1. The second-order valence-electron chi connectivity index (χ2n) is 8.38. The van der Waals surface area contributed by atoms with Crippen LogP contribution in [0.25, 0.3) is 28.3 Å². The third kappa shape index (κ3) is 5.18. The van der Waals surface area contributed by atoms with Gasteiger partial charge in [0, 0.05) is 34.8 Å². The first-order valence-corrected chi connectivity index (χ1v) is 11.9. The van der Waals surface area contributed by atoms with E-state index in [2.05, 4.69) is 15.3 Å². The lowest BCUT2D eigenvalue weighted by Gasteiger charge is -2.09. The number of amides is 1. The third-order valence-electron chi connectivity index (χ3n) is 5.87. The van der Waals surface area contributed by atoms with Crippen molar-refractivity contribution < 1.29 is 9.53 Å². The Morgan fingerprint density at radius 3 is 2.54 bits per heavy atom. The van der Waals surface area contributed by atoms with Crippen molar-refractivity contribution in [3.63, 3.8) is 0 Å². The molecule has 37 heavy (non-hydrogen) atoms. The lowest BCUT2D eigenvalue weighted by Crippen LogP contribution is -2.13. The highest BCUT2D eigenvalue weighted by atomic mass is 16.5. The average molecular weight is 492 g/mol. The number of rotatable bonds is 7. The number of benzene rings is 3. The standard InChI is InChI=1S/C29H25N5O3/c1-3-21-17-26(35)32-28(30-21)20-10-7-11-22(15-20)31-29(36)25-18-34(23-12-5-4-6-13-23)33-27(25)19-9-8-14-24(16-19)37-2/h4-18H,3H2,1-2H3,(H,31,36)(H,30,32,35). The molecule has 0 unspecified atom stereocenters. The lowest BCUT2D eigenvalue weighted by atomic mass is 10.1. The summed E-state index contributed by atoms with van der Waals surface area (Å²) in [7, 11) is 1.60. The molecule has 0 bridgehead atoms. The van der Waals surface area contributed by atoms with E-state index in [9.17, 15) is 9.59 Å². The Morgan fingerprint density at radius 1 is 0.973 bits per heavy atom. The molecule has 5 aromatic rings. The predicted molar refractivity (Wildman–Crippen MR) is 143 cm³/mol. The number of anilines is 1. The van der Waals surface area contributed by atoms with Crippen molar-refractivity contribution in [2.45, 2.75) is 13.3 Å². The van der Waals surface area contributed by atoms with Gasteiger partial charge in [0.05, 0.1) is 18.4 Å². The summed E-state index contributed by atoms with van der Waals surface area (Å²) in [6.45, 7) is 1.94. The van der Waals surface area contributed by atoms with Crippen LogP contribution in [0.15, 0.2) is 95.9 Å². The number of para-hydroxylation sites is 1. The SMILES string of the molecule is CCc1cc(=O)[nH]c(-c2cccc(NC(=O)c3cn(-c4ccccc4)nc3-c3cccc(OC)c3)c2)n1. The van der Waals surface area contributed by atoms with Crippen LogP contribution in [-0.2, 0) is 6.42 Å². The molecule has 0 radical (unpaired) electrons. The molecule has 0 aliphatic rings. The number of hydrogen-bond donors (Lipinski definition) is 2. The van der Waals surface area contributed by atoms with Gasteiger partial charge in [0.1, 0.15) is 17.3 Å². The highest BCUT2D eigenvalue weighted by Crippen LogP contribution is 2.28. The van der Waals surface area contributed by atoms with Crippen molar-refractivity contribution in [2.75, 3.05) is 12.4 Å². The molecular weight excluding hydrogens is 466 g/mol. The van der Waals surface area contributed by atoms with E-state index in [0.29, 0.717) is 46.2 Å². The summed E-state index contributed by atoms with van der Waals surface area (Å²) in [4.78, 5) is 32.9. The Hall–Kier alpha value is -4.98. The van der Waals surface area contributed by atoms with E-state index in [1.54, 1.807) is 36.2 Å². The number of methoxy groups -OCH3 is 1. The Morgan fingerprint density at radius 2 is 1.76 bits per heavy atom. The summed E-state index contributed by atoms with van der Waals surface area (Å²) in [5, 5.41) is 7.71. The summed E-state index contributed by atoms with van der Waals surface area (Å²) < 4.78 is 7.06. The number of carbonyl (C=O) groups is 1. The number of carbonyl (C=O) groups excluding carboxylic acids is 1. The second-order valence-corrected chi connectivity index (χ2v) is 8.38. The smallest absolute Gasteiger partial charge is 0.259 e. The van der Waals surface area contributed by atoms with Crippen LogP contribution in [0.3, 0.4) is 0 Å². The van der Waals surface area contributed by atoms with Gasteiger partial charge in [0.2, 0.25) is 0 Å². The highest BCUT2D eigenvalue weighted by molar-refractivity contribution is 6.08. The van der Waals surface area contributed by atoms with E-state index >= 15 is 0 Å². The van der Waals surface area contributed by atoms with E-state index < -0.39 is 0 Å². The van der Waals surface area contributed by atoms with Crippen LogP contribution in [0.4, 0.5) is 5.69 Å². The number of H-pyrrole nitrogens is 1. The number of aromatic amines is 1. The molecule has 0 aliphatic carbocycles. The quantitative estimate of drug-likeness (QED) is 0.329. The molecule has 8 heteroatoms. The topological polar surface area (TPSA) is 102 Å². The van der Waals surface area contributed by atoms with Crippen molar-refractivity contribution >= 4 is 11.6 Å². The van der Waals surface area contributed by atoms with Gasteiger partial charge >= 0.3 is 0 Å². The second kappa shape index (κ2) is 10.3. The summed E-state index contributed by atoms with van der Waals surface area (Å²) in [6.07, 6.45) is 2.36. The molecule has 5 rings (SSSR count). The molecule has 0 spiro atoms. The molecule has 8 nitrogen and oxygen atoms in total. The largest absolute Gasteiger partial charge is 0.497 e. The van der Waals surface area contributed by atoms with Gasteiger partial charge in [-0.3, -0.25) is 9.59 Å². The van der Waals surface area contributed by atoms with Gasteiger partial charge in [0.25, 0.3) is 11.5 Å². The molecule has 0 saturated heterocycles. The van der Waals surface area contributed by atoms with Gasteiger partial charge in [-0.1, -0.05) is 49.4 Å². The zero-order chi connectivity index (χ0) is 25.8. The Labute approximate surface area is 213 Å². The number of hydrogen-bond acceptors (Lipinski definition) is 5. The monoisotopic (exact) mass is 491 g/mol. The molecule has 0 saturated carbocycles. The molecule has 0 aliphatic heterocycles. The van der Waals surface area contributed by atoms with Gasteiger partial charge < -0.3 is 15.0 Å². The summed E-state index contributed by atoms with van der Waals surface area (Å²) in [5.74, 6) is 0.803. The van der Waals surface area contributed by atoms with Crippen LogP contribution in [-0.4, -0.2) is 32.8 Å². The van der Waals surface area contributed by atoms with Crippen molar-refractivity contribution in [1.82, 2.24) is 19.7 Å². The lowest BCUT2D eigenvalue weighted by molar-refractivity contribution is 0.102. The maximum atomic E-state index is 13.5. The fourth-order valence-corrected chi connectivity index (χ4v) is 4.01. The Kier molecular flexibility index (Phi) is 6.63. The summed E-state index contributed by atoms with van der Waals surface area (Å²) >= 11 is 0. The molecular formula is C29H25N5O3. The number of aryl methyl sites for hydroxylation is 1. The highest BCUT2D eigenvalue weighted by Gasteiger charge is 2.20. The van der Waals surface area contributed by atoms with Gasteiger partial charge in [-0.25, -0.2) is 9.67 Å². The van der Waals surface area contributed by atoms with Crippen molar-refractivity contribution in [2.24, 2.45) is 0 Å². The zero-order valence-electron chi connectivity index (χ0n) is 20.4. The fraction of sp³-hybridized carbons (Fsp3) is 0.103. The predicted octanol–water partition coefficient (Wildman–Crippen LogP) is 5.11. The molecule has 2 heterocycles. The molecule has 2 aromatic heterocycles. The maximum absolute atomic E-state index is 13.5. The van der Waals surface area contributed by atoms with Crippen molar-refractivity contribution in [3.05, 3.63) is 113 Å². The molecule has 184 valence electrons. The van der Waals surface area contributed by atoms with E-state index in [0.717, 1.165) is 11.3 Å². The van der Waals surface area contributed by atoms with Gasteiger partial charge in [-0.2, -0.15) is 5.10 Å². The van der Waals surface area contributed by atoms with Crippen molar-refractivity contribution in [1.29, 1.82) is 0 Å². The third-order valence-corrected chi connectivity index (χ3v) is 5.87. The zero-order valence-corrected chi connectivity index (χ0v) is 20.4. The van der Waals surface area contributed by atoms with Gasteiger partial charge in [0.15, 0.2) is 0 Å². The van der Waals surface area contributed by atoms with Gasteiger partial charge in [-0.15, -0.1) is 0 Å². The van der Waals surface area contributed by atoms with Crippen LogP contribution < -0.4 is 15.6 Å². The van der Waals surface area contributed by atoms with E-state index in [1.807, 2.05) is 67.6 Å². The fourth-order valence-electron chi connectivity index (χ4n) is 4.01. The van der Waals surface area contributed by atoms with Crippen LogP contribution in [0.2, 0.25) is 0 Å². The normalized spacial score (nSPS) is 10.8. The van der Waals surface area contributed by atoms with Crippen LogP contribution in [0.1, 0.15) is 23.0 Å². The average Bonchev–Trinajstić information content (AvgIpc) is 3.39. The summed E-state index contributed by atoms with van der Waals surface area (Å²) in [5.41, 5.74) is 4.26. The van der Waals surface area contributed by atoms with Gasteiger partial charge in [-0.05, 0) is 42.8 Å². The molecule has 3 aromatic carbocycles. The first-order chi connectivity index (χ1) is 18.0. The van der Waals surface area contributed by atoms with Crippen LogP contribution in [0.5, 0.6) is 5.75 Å². The maximum Gasteiger partial charge on any atom is 0.259 e. The molecule has 0 atom stereocenters.